The van der Waals surface area contributed by atoms with Crippen molar-refractivity contribution in [3.8, 4) is 0 Å². The minimum Gasteiger partial charge on any atom is -0.664 e. The molecule has 260 valence electrons. The molecule has 3 aromatic rings. The second kappa shape index (κ2) is 14.9. The largest absolute Gasteiger partial charge is 2.00 e. The first kappa shape index (κ1) is 37.6. The van der Waals surface area contributed by atoms with Crippen LogP contribution in [-0.2, 0) is 25.5 Å². The van der Waals surface area contributed by atoms with Crippen LogP contribution in [0.15, 0.2) is 29.6 Å². The molecule has 0 spiro atoms. The van der Waals surface area contributed by atoms with Gasteiger partial charge in [0.15, 0.2) is 5.78 Å². The summed E-state index contributed by atoms with van der Waals surface area (Å²) in [4.78, 5) is 67.6. The third-order valence-corrected chi connectivity index (χ3v) is 10.0. The molecule has 11 heteroatoms. The molecular weight excluding hydrogens is 657 g/mol. The summed E-state index contributed by atoms with van der Waals surface area (Å²) in [6.45, 7) is 15.8. The van der Waals surface area contributed by atoms with Crippen LogP contribution in [-0.4, -0.2) is 60.8 Å². The van der Waals surface area contributed by atoms with Crippen LogP contribution in [0.3, 0.4) is 0 Å². The van der Waals surface area contributed by atoms with E-state index in [0.29, 0.717) is 80.0 Å². The fourth-order valence-electron chi connectivity index (χ4n) is 7.24. The molecule has 3 atom stereocenters. The first-order valence-electron chi connectivity index (χ1n) is 16.8. The van der Waals surface area contributed by atoms with Gasteiger partial charge in [-0.05, 0) is 64.0 Å². The summed E-state index contributed by atoms with van der Waals surface area (Å²) in [5, 5.41) is 6.17. The number of hydrogen-bond acceptors (Lipinski definition) is 6. The van der Waals surface area contributed by atoms with Crippen LogP contribution in [0.1, 0.15) is 106 Å². The summed E-state index contributed by atoms with van der Waals surface area (Å²) in [6, 6.07) is 0. The Bertz CT molecular complexity index is 2190. The monoisotopic (exact) mass is 696 g/mol. The van der Waals surface area contributed by atoms with Crippen LogP contribution in [0.2, 0.25) is 0 Å². The van der Waals surface area contributed by atoms with Gasteiger partial charge in [0.1, 0.15) is 18.8 Å². The van der Waals surface area contributed by atoms with E-state index in [2.05, 4.69) is 6.58 Å². The molecule has 3 aromatic heterocycles. The molecule has 10 nitrogen and oxygen atoms in total. The van der Waals surface area contributed by atoms with E-state index in [0.717, 1.165) is 28.5 Å². The van der Waals surface area contributed by atoms with Crippen molar-refractivity contribution in [2.45, 2.75) is 60.8 Å². The number of aromatic nitrogens is 3. The first-order chi connectivity index (χ1) is 23.9. The molecule has 0 N–H and O–H groups in total. The summed E-state index contributed by atoms with van der Waals surface area (Å²) in [5.41, 5.74) is 8.60. The first-order valence-corrected chi connectivity index (χ1v) is 16.8. The number of fused-ring (bicyclic) bond motifs is 7. The van der Waals surface area contributed by atoms with Gasteiger partial charge in [0.25, 0.3) is 0 Å². The van der Waals surface area contributed by atoms with Crippen LogP contribution in [0.25, 0.3) is 35.2 Å². The summed E-state index contributed by atoms with van der Waals surface area (Å²) < 4.78 is 10.6. The number of allylic oxidation sites excluding steroid dienone is 3. The van der Waals surface area contributed by atoms with Gasteiger partial charge >= 0.3 is 35.0 Å². The Kier molecular flexibility index (Phi) is 11.0. The number of hydrogen-bond donors (Lipinski definition) is 0. The van der Waals surface area contributed by atoms with Crippen molar-refractivity contribution in [2.75, 3.05) is 13.7 Å². The molecule has 6 rings (SSSR count). The smallest absolute Gasteiger partial charge is 0.664 e. The predicted molar refractivity (Wildman–Crippen MR) is 196 cm³/mol. The van der Waals surface area contributed by atoms with Gasteiger partial charge in [-0.25, -0.2) is 0 Å². The normalized spacial score (nSPS) is 22.3. The Balaban J connectivity index is 0.00000504. The van der Waals surface area contributed by atoms with Crippen molar-refractivity contribution in [1.82, 2.24) is 15.0 Å². The predicted octanol–water partition coefficient (Wildman–Crippen LogP) is 4.45. The van der Waals surface area contributed by atoms with Crippen molar-refractivity contribution in [1.29, 1.82) is 0 Å². The van der Waals surface area contributed by atoms with Gasteiger partial charge in [-0.15, -0.1) is 33.5 Å². The molecule has 0 aromatic carbocycles. The van der Waals surface area contributed by atoms with Crippen molar-refractivity contribution in [3.05, 3.63) is 102 Å². The van der Waals surface area contributed by atoms with Crippen LogP contribution >= 0.6 is 0 Å². The third kappa shape index (κ3) is 6.53. The van der Waals surface area contributed by atoms with Crippen molar-refractivity contribution in [2.24, 2.45) is 17.8 Å². The second-order valence-electron chi connectivity index (χ2n) is 13.2. The van der Waals surface area contributed by atoms with Crippen LogP contribution in [0, 0.1) is 31.6 Å². The zero-order chi connectivity index (χ0) is 36.0. The molecule has 1 fully saturated rings. The number of carbonyl (C=O) groups is 4. The summed E-state index contributed by atoms with van der Waals surface area (Å²) in [7, 11) is 1.25. The van der Waals surface area contributed by atoms with E-state index < -0.39 is 17.7 Å². The topological polar surface area (TPSA) is 143 Å². The van der Waals surface area contributed by atoms with E-state index in [9.17, 15) is 19.2 Å². The standard InChI is InChI=1S/C40H41N4O6.Mg/c1-9-23-20(5)27-15-28-21(6)25(11-12-33(46)50-14-13-19(3)4)37(43-28)35-36(40(48)49-8)39(47)34-22(7)29(44-38(34)35)16-31-24(10-2)26(18-45)32(42-31)17-30(23)41-27;/h9,13,15-18,21,25,36H,1,10-12,14H2,2-8H3,(H-,43,44,45,47);/q-3;+2/p-1/b28-15+,32-17-;/t21-,25-,36+;/m0./s1. The number of nitrogens with zero attached hydrogens (tertiary/aromatic N) is 4. The Morgan fingerprint density at radius 1 is 0.980 bits per heavy atom. The van der Waals surface area contributed by atoms with Gasteiger partial charge in [-0.2, -0.15) is 11.4 Å². The maximum atomic E-state index is 14.2. The van der Waals surface area contributed by atoms with Gasteiger partial charge in [0, 0.05) is 17.5 Å². The van der Waals surface area contributed by atoms with E-state index in [-0.39, 0.29) is 53.9 Å². The van der Waals surface area contributed by atoms with Gasteiger partial charge in [0.05, 0.1) is 7.11 Å². The van der Waals surface area contributed by atoms with Crippen LogP contribution in [0.5, 0.6) is 0 Å². The Labute approximate surface area is 313 Å². The average Bonchev–Trinajstić information content (AvgIpc) is 3.83. The van der Waals surface area contributed by atoms with E-state index in [4.69, 9.17) is 29.7 Å². The number of aldehydes is 1. The zero-order valence-electron chi connectivity index (χ0n) is 30.2. The molecule has 1 saturated heterocycles. The van der Waals surface area contributed by atoms with E-state index in [1.54, 1.807) is 25.2 Å². The van der Waals surface area contributed by atoms with E-state index in [1.807, 2.05) is 46.8 Å². The number of esters is 2. The number of rotatable bonds is 9. The van der Waals surface area contributed by atoms with Crippen LogP contribution < -0.4 is 25.7 Å². The molecule has 3 aliphatic rings. The molecule has 2 aliphatic heterocycles. The molecule has 0 unspecified atom stereocenters. The van der Waals surface area contributed by atoms with Gasteiger partial charge in [-0.1, -0.05) is 72.6 Å². The Hall–Kier alpha value is -4.61. The van der Waals surface area contributed by atoms with Crippen molar-refractivity contribution in [3.63, 3.8) is 0 Å². The van der Waals surface area contributed by atoms with E-state index >= 15 is 0 Å². The fourth-order valence-corrected chi connectivity index (χ4v) is 7.24. The van der Waals surface area contributed by atoms with Gasteiger partial charge in [0.2, 0.25) is 0 Å². The fraction of sp³-hybridized carbons (Fsp3) is 0.350. The van der Waals surface area contributed by atoms with Crippen molar-refractivity contribution < 1.29 is 28.7 Å². The minimum absolute atomic E-state index is 0. The quantitative estimate of drug-likeness (QED) is 0.104. The summed E-state index contributed by atoms with van der Waals surface area (Å²) >= 11 is 0. The Morgan fingerprint density at radius 2 is 1.69 bits per heavy atom. The van der Waals surface area contributed by atoms with Crippen LogP contribution in [0.4, 0.5) is 0 Å². The maximum Gasteiger partial charge on any atom is 2.00 e. The molecule has 5 heterocycles. The van der Waals surface area contributed by atoms with Gasteiger partial charge in [-0.3, -0.25) is 19.2 Å². The maximum absolute atomic E-state index is 14.2. The molecule has 0 saturated carbocycles. The molecule has 51 heavy (non-hydrogen) atoms. The third-order valence-electron chi connectivity index (χ3n) is 10.0. The second-order valence-corrected chi connectivity index (χ2v) is 13.2. The number of ketones is 1. The summed E-state index contributed by atoms with van der Waals surface area (Å²) in [6.07, 6.45) is 10.9. The number of ether oxygens (including phenoxy) is 2. The van der Waals surface area contributed by atoms with Crippen molar-refractivity contribution >= 4 is 76.9 Å². The molecular formula is C40H40MgN4O6-2. The number of Topliss-reactive ketones (excluding diaryl/α,β-unsaturated/α-hetero) is 1. The molecule has 0 radical (unpaired) electrons. The number of methoxy groups -OCH3 is 1. The average molecular weight is 697 g/mol. The number of carbonyl (C=O) groups excluding carboxylic acids is 4. The molecule has 8 bridgehead atoms. The van der Waals surface area contributed by atoms with E-state index in [1.165, 1.54) is 7.11 Å². The minimum atomic E-state index is -1.26. The Morgan fingerprint density at radius 3 is 2.33 bits per heavy atom. The SMILES string of the molecule is C=Cc1c2[n-]c(c1C)/C=C1/[N-]/C(=C3\c4[n-]c(c(C)c4C(=O)[C@@H]3C(=O)OC)/C=c3\[n-]/c(c(C=O)c3CC)=C\2)[C@@H](CCC(=O)OCC=C(C)C)[C@@H]1C.[Mg+2]. The summed E-state index contributed by atoms with van der Waals surface area (Å²) in [5.74, 6) is -3.30. The van der Waals surface area contributed by atoms with Gasteiger partial charge < -0.3 is 29.7 Å². The molecule has 0 amide bonds. The molecule has 1 aliphatic carbocycles. The zero-order valence-corrected chi connectivity index (χ0v) is 31.6.